The Balaban J connectivity index is 0.00000342. The number of carbonyl (C=O) groups is 1. The van der Waals surface area contributed by atoms with Crippen molar-refractivity contribution in [2.75, 3.05) is 18.4 Å². The number of amides is 1. The van der Waals surface area contributed by atoms with Crippen molar-refractivity contribution in [2.24, 2.45) is 13.0 Å². The van der Waals surface area contributed by atoms with E-state index < -0.39 is 43.2 Å². The Morgan fingerprint density at radius 2 is 1.91 bits per heavy atom. The first-order valence-electron chi connectivity index (χ1n) is 10.5. The molecule has 13 heteroatoms. The van der Waals surface area contributed by atoms with Gasteiger partial charge >= 0.3 is 0 Å². The molecule has 1 unspecified atom stereocenters. The van der Waals surface area contributed by atoms with Gasteiger partial charge in [0.15, 0.2) is 11.5 Å². The van der Waals surface area contributed by atoms with Gasteiger partial charge < -0.3 is 10.2 Å². The third-order valence-electron chi connectivity index (χ3n) is 5.57. The van der Waals surface area contributed by atoms with Crippen molar-refractivity contribution in [1.82, 2.24) is 34.6 Å². The van der Waals surface area contributed by atoms with Crippen molar-refractivity contribution in [2.45, 2.75) is 31.7 Å². The molecule has 4 heterocycles. The number of alkyl halides is 4. The molecule has 3 aromatic heterocycles. The van der Waals surface area contributed by atoms with Crippen molar-refractivity contribution in [1.29, 1.82) is 0 Å². The van der Waals surface area contributed by atoms with E-state index in [1.54, 1.807) is 26.2 Å². The normalized spacial score (nSPS) is 19.9. The van der Waals surface area contributed by atoms with Gasteiger partial charge in [-0.2, -0.15) is 5.10 Å². The highest BCUT2D eigenvalue weighted by Crippen LogP contribution is 2.36. The van der Waals surface area contributed by atoms with Gasteiger partial charge in [0.05, 0.1) is 23.7 Å². The average Bonchev–Trinajstić information content (AvgIpc) is 3.19. The minimum atomic E-state index is -3.08. The molecule has 1 aliphatic rings. The number of likely N-dealkylation sites (tertiary alicyclic amines) is 1. The number of aryl methyl sites for hydroxylation is 1. The maximum Gasteiger partial charge on any atom is 0.275 e. The molecule has 182 valence electrons. The maximum atomic E-state index is 14.5. The number of anilines is 1. The molecule has 0 aromatic carbocycles. The Hall–Kier alpha value is -3.64. The molecule has 0 bridgehead atoms. The standard InChI is InChI=1S/C21H22F4N8O.H2/c1-12-6-21(24,25)11-33(15(12)9-30-20-28-7-13(8-29-20)17(22)23)19(34)16-14(10-32(2)31-16)18-26-4-3-5-27-18;/h3-5,7-8,10,12,15,17H,6,9,11H2,1-2H3,(H,28,29,30);1H/t12?,15-;/m1./s1. The lowest BCUT2D eigenvalue weighted by Crippen LogP contribution is -2.57. The summed E-state index contributed by atoms with van der Waals surface area (Å²) < 4.78 is 55.9. The van der Waals surface area contributed by atoms with E-state index in [9.17, 15) is 22.4 Å². The van der Waals surface area contributed by atoms with Crippen molar-refractivity contribution in [3.63, 3.8) is 0 Å². The molecule has 34 heavy (non-hydrogen) atoms. The third kappa shape index (κ3) is 4.97. The minimum Gasteiger partial charge on any atom is -0.352 e. The zero-order valence-electron chi connectivity index (χ0n) is 18.4. The lowest BCUT2D eigenvalue weighted by Gasteiger charge is -2.43. The predicted molar refractivity (Wildman–Crippen MR) is 115 cm³/mol. The number of hydrogen-bond donors (Lipinski definition) is 1. The number of carbonyl (C=O) groups excluding carboxylic acids is 1. The molecular formula is C21H24F4N8O. The van der Waals surface area contributed by atoms with Crippen LogP contribution in [-0.2, 0) is 7.05 Å². The number of aromatic nitrogens is 6. The van der Waals surface area contributed by atoms with Crippen LogP contribution in [0.2, 0.25) is 0 Å². The fourth-order valence-corrected chi connectivity index (χ4v) is 4.00. The Bertz CT molecular complexity index is 1150. The first kappa shape index (κ1) is 23.5. The smallest absolute Gasteiger partial charge is 0.275 e. The van der Waals surface area contributed by atoms with Crippen LogP contribution in [0.4, 0.5) is 23.5 Å². The summed E-state index contributed by atoms with van der Waals surface area (Å²) in [5, 5.41) is 7.07. The van der Waals surface area contributed by atoms with Crippen molar-refractivity contribution < 1.29 is 23.8 Å². The second-order valence-electron chi connectivity index (χ2n) is 8.20. The molecule has 3 aromatic rings. The molecule has 0 radical (unpaired) electrons. The van der Waals surface area contributed by atoms with E-state index in [1.165, 1.54) is 17.1 Å². The highest BCUT2D eigenvalue weighted by Gasteiger charge is 2.47. The lowest BCUT2D eigenvalue weighted by molar-refractivity contribution is -0.0898. The van der Waals surface area contributed by atoms with E-state index in [1.807, 2.05) is 0 Å². The predicted octanol–water partition coefficient (Wildman–Crippen LogP) is 3.45. The van der Waals surface area contributed by atoms with Gasteiger partial charge in [-0.3, -0.25) is 9.48 Å². The molecule has 9 nitrogen and oxygen atoms in total. The zero-order chi connectivity index (χ0) is 24.5. The summed E-state index contributed by atoms with van der Waals surface area (Å²) in [6.07, 6.45) is 3.43. The van der Waals surface area contributed by atoms with Gasteiger partial charge in [0.25, 0.3) is 18.3 Å². The number of piperidine rings is 1. The summed E-state index contributed by atoms with van der Waals surface area (Å²) in [5.74, 6) is -4.05. The van der Waals surface area contributed by atoms with Crippen LogP contribution in [0.5, 0.6) is 0 Å². The fraction of sp³-hybridized carbons (Fsp3) is 0.429. The molecular weight excluding hydrogens is 456 g/mol. The van der Waals surface area contributed by atoms with E-state index in [0.29, 0.717) is 5.56 Å². The van der Waals surface area contributed by atoms with Gasteiger partial charge in [0.2, 0.25) is 5.95 Å². The van der Waals surface area contributed by atoms with E-state index in [4.69, 9.17) is 0 Å². The van der Waals surface area contributed by atoms with E-state index in [0.717, 1.165) is 17.3 Å². The Morgan fingerprint density at radius 3 is 2.56 bits per heavy atom. The maximum absolute atomic E-state index is 14.5. The van der Waals surface area contributed by atoms with Crippen molar-refractivity contribution in [3.05, 3.63) is 48.3 Å². The highest BCUT2D eigenvalue weighted by atomic mass is 19.3. The van der Waals surface area contributed by atoms with Gasteiger partial charge in [-0.05, 0) is 12.0 Å². The fourth-order valence-electron chi connectivity index (χ4n) is 4.00. The van der Waals surface area contributed by atoms with Gasteiger partial charge in [0.1, 0.15) is 0 Å². The number of nitrogens with zero attached hydrogens (tertiary/aromatic N) is 7. The van der Waals surface area contributed by atoms with Crippen LogP contribution in [0.3, 0.4) is 0 Å². The number of nitrogens with one attached hydrogen (secondary N) is 1. The van der Waals surface area contributed by atoms with E-state index in [2.05, 4.69) is 30.4 Å². The van der Waals surface area contributed by atoms with Crippen LogP contribution in [-0.4, -0.2) is 65.6 Å². The first-order valence-corrected chi connectivity index (χ1v) is 10.5. The molecule has 1 N–H and O–H groups in total. The summed E-state index contributed by atoms with van der Waals surface area (Å²) >= 11 is 0. The quantitative estimate of drug-likeness (QED) is 0.539. The lowest BCUT2D eigenvalue weighted by atomic mass is 9.88. The van der Waals surface area contributed by atoms with E-state index >= 15 is 0 Å². The number of hydrogen-bond acceptors (Lipinski definition) is 7. The van der Waals surface area contributed by atoms with Crippen LogP contribution in [0.25, 0.3) is 11.4 Å². The summed E-state index contributed by atoms with van der Waals surface area (Å²) in [5.41, 5.74) is -0.0488. The SMILES string of the molecule is CC1CC(F)(F)CN(C(=O)c2nn(C)cc2-c2ncccn2)[C@@H]1CNc1ncc(C(F)F)cn1.[HH]. The molecule has 1 fully saturated rings. The van der Waals surface area contributed by atoms with Gasteiger partial charge in [-0.1, -0.05) is 6.92 Å². The monoisotopic (exact) mass is 480 g/mol. The Kier molecular flexibility index (Phi) is 6.44. The highest BCUT2D eigenvalue weighted by molar-refractivity contribution is 5.98. The summed E-state index contributed by atoms with van der Waals surface area (Å²) in [6.45, 7) is 0.875. The second kappa shape index (κ2) is 9.31. The van der Waals surface area contributed by atoms with E-state index in [-0.39, 0.29) is 31.0 Å². The van der Waals surface area contributed by atoms with Crippen molar-refractivity contribution >= 4 is 11.9 Å². The van der Waals surface area contributed by atoms with Crippen LogP contribution >= 0.6 is 0 Å². The molecule has 2 atom stereocenters. The third-order valence-corrected chi connectivity index (χ3v) is 5.57. The largest absolute Gasteiger partial charge is 0.352 e. The number of halogens is 4. The Labute approximate surface area is 193 Å². The second-order valence-corrected chi connectivity index (χ2v) is 8.20. The average molecular weight is 480 g/mol. The number of rotatable bonds is 6. The molecule has 1 saturated heterocycles. The Morgan fingerprint density at radius 1 is 1.24 bits per heavy atom. The van der Waals surface area contributed by atoms with Crippen LogP contribution < -0.4 is 5.32 Å². The van der Waals surface area contributed by atoms with Crippen molar-refractivity contribution in [3.8, 4) is 11.4 Å². The van der Waals surface area contributed by atoms with Crippen LogP contribution in [0, 0.1) is 5.92 Å². The molecule has 1 amide bonds. The summed E-state index contributed by atoms with van der Waals surface area (Å²) in [6, 6.07) is 0.961. The molecule has 0 saturated carbocycles. The molecule has 4 rings (SSSR count). The zero-order valence-corrected chi connectivity index (χ0v) is 18.4. The van der Waals surface area contributed by atoms with Crippen LogP contribution in [0.1, 0.15) is 37.2 Å². The topological polar surface area (TPSA) is 102 Å². The first-order chi connectivity index (χ1) is 16.1. The van der Waals surface area contributed by atoms with Gasteiger partial charge in [-0.15, -0.1) is 0 Å². The van der Waals surface area contributed by atoms with Gasteiger partial charge in [-0.25, -0.2) is 37.5 Å². The molecule has 0 aliphatic carbocycles. The molecule has 0 spiro atoms. The van der Waals surface area contributed by atoms with Gasteiger partial charge in [0, 0.05) is 52.4 Å². The summed E-state index contributed by atoms with van der Waals surface area (Å²) in [4.78, 5) is 30.5. The minimum absolute atomic E-state index is 0. The molecule has 1 aliphatic heterocycles. The summed E-state index contributed by atoms with van der Waals surface area (Å²) in [7, 11) is 1.61. The van der Waals surface area contributed by atoms with Crippen LogP contribution in [0.15, 0.2) is 37.1 Å².